The van der Waals surface area contributed by atoms with Crippen molar-refractivity contribution in [2.45, 2.75) is 45.3 Å². The number of aliphatic hydroxyl groups excluding tert-OH is 1. The molecule has 0 saturated heterocycles. The highest BCUT2D eigenvalue weighted by atomic mass is 16.3. The van der Waals surface area contributed by atoms with Crippen LogP contribution in [-0.4, -0.2) is 35.2 Å². The van der Waals surface area contributed by atoms with Crippen molar-refractivity contribution < 1.29 is 5.11 Å². The van der Waals surface area contributed by atoms with Gasteiger partial charge in [-0.2, -0.15) is 0 Å². The van der Waals surface area contributed by atoms with Gasteiger partial charge in [-0.05, 0) is 38.3 Å². The summed E-state index contributed by atoms with van der Waals surface area (Å²) in [6.07, 6.45) is 3.67. The van der Waals surface area contributed by atoms with Gasteiger partial charge in [-0.3, -0.25) is 0 Å². The minimum Gasteiger partial charge on any atom is -0.393 e. The largest absolute Gasteiger partial charge is 0.393 e. The smallest absolute Gasteiger partial charge is 0.0586 e. The molecule has 2 saturated carbocycles. The molecular formula is C11H21NO. The first-order chi connectivity index (χ1) is 6.27. The zero-order valence-corrected chi connectivity index (χ0v) is 8.74. The molecule has 2 aliphatic carbocycles. The van der Waals surface area contributed by atoms with Gasteiger partial charge in [0.1, 0.15) is 0 Å². The van der Waals surface area contributed by atoms with Crippen molar-refractivity contribution in [3.63, 3.8) is 0 Å². The fourth-order valence-electron chi connectivity index (χ4n) is 3.47. The summed E-state index contributed by atoms with van der Waals surface area (Å²) in [6, 6.07) is 0.699. The van der Waals surface area contributed by atoms with Crippen molar-refractivity contribution in [3.05, 3.63) is 0 Å². The Bertz CT molecular complexity index is 179. The Labute approximate surface area is 80.9 Å². The highest BCUT2D eigenvalue weighted by molar-refractivity contribution is 5.01. The number of fused-ring (bicyclic) bond motifs is 2. The summed E-state index contributed by atoms with van der Waals surface area (Å²) < 4.78 is 0. The van der Waals surface area contributed by atoms with E-state index in [0.29, 0.717) is 12.0 Å². The molecule has 1 N–H and O–H groups in total. The molecule has 0 radical (unpaired) electrons. The van der Waals surface area contributed by atoms with E-state index in [1.807, 2.05) is 0 Å². The fraction of sp³-hybridized carbons (Fsp3) is 1.00. The van der Waals surface area contributed by atoms with Crippen molar-refractivity contribution >= 4 is 0 Å². The Morgan fingerprint density at radius 1 is 1.23 bits per heavy atom. The molecule has 0 aromatic heterocycles. The zero-order chi connectivity index (χ0) is 9.42. The minimum atomic E-state index is 0.00403. The number of aliphatic hydroxyl groups is 1. The molecular weight excluding hydrogens is 162 g/mol. The third kappa shape index (κ3) is 1.40. The van der Waals surface area contributed by atoms with Crippen molar-refractivity contribution in [3.8, 4) is 0 Å². The van der Waals surface area contributed by atoms with Crippen LogP contribution in [0.5, 0.6) is 0 Å². The van der Waals surface area contributed by atoms with Crippen molar-refractivity contribution in [2.24, 2.45) is 11.8 Å². The van der Waals surface area contributed by atoms with Crippen molar-refractivity contribution in [1.82, 2.24) is 4.90 Å². The van der Waals surface area contributed by atoms with Gasteiger partial charge in [-0.25, -0.2) is 0 Å². The van der Waals surface area contributed by atoms with Gasteiger partial charge in [0, 0.05) is 12.0 Å². The lowest BCUT2D eigenvalue weighted by atomic mass is 9.98. The zero-order valence-electron chi connectivity index (χ0n) is 8.74. The van der Waals surface area contributed by atoms with Crippen molar-refractivity contribution in [1.29, 1.82) is 0 Å². The number of hydrogen-bond acceptors (Lipinski definition) is 2. The van der Waals surface area contributed by atoms with Crippen LogP contribution in [0, 0.1) is 11.8 Å². The first-order valence-corrected chi connectivity index (χ1v) is 5.70. The Balaban J connectivity index is 2.07. The second-order valence-corrected chi connectivity index (χ2v) is 4.52. The Hall–Kier alpha value is -0.0800. The normalized spacial score (nSPS) is 43.4. The molecule has 2 nitrogen and oxygen atoms in total. The highest BCUT2D eigenvalue weighted by Gasteiger charge is 2.48. The van der Waals surface area contributed by atoms with E-state index >= 15 is 0 Å². The lowest BCUT2D eigenvalue weighted by Gasteiger charge is -2.30. The summed E-state index contributed by atoms with van der Waals surface area (Å²) >= 11 is 0. The Morgan fingerprint density at radius 2 is 1.92 bits per heavy atom. The molecule has 0 spiro atoms. The van der Waals surface area contributed by atoms with Gasteiger partial charge in [0.05, 0.1) is 6.10 Å². The lowest BCUT2D eigenvalue weighted by molar-refractivity contribution is 0.0922. The molecule has 0 amide bonds. The summed E-state index contributed by atoms with van der Waals surface area (Å²) in [5.41, 5.74) is 0. The molecule has 2 heteroatoms. The SMILES string of the molecule is CCN(CC)C1[C@@H]2CC[C@H]1[C@H](O)C2. The van der Waals surface area contributed by atoms with Crippen LogP contribution in [0.15, 0.2) is 0 Å². The van der Waals surface area contributed by atoms with E-state index in [-0.39, 0.29) is 6.10 Å². The van der Waals surface area contributed by atoms with Crippen LogP contribution in [0.4, 0.5) is 0 Å². The van der Waals surface area contributed by atoms with Gasteiger partial charge in [-0.1, -0.05) is 13.8 Å². The maximum absolute atomic E-state index is 9.80. The summed E-state index contributed by atoms with van der Waals surface area (Å²) in [5.74, 6) is 1.38. The van der Waals surface area contributed by atoms with Crippen LogP contribution in [0.1, 0.15) is 33.1 Å². The quantitative estimate of drug-likeness (QED) is 0.716. The molecule has 0 aliphatic heterocycles. The Kier molecular flexibility index (Phi) is 2.61. The first kappa shape index (κ1) is 9.47. The third-order valence-corrected chi connectivity index (χ3v) is 4.06. The van der Waals surface area contributed by atoms with E-state index in [2.05, 4.69) is 18.7 Å². The van der Waals surface area contributed by atoms with Gasteiger partial charge < -0.3 is 10.0 Å². The molecule has 76 valence electrons. The van der Waals surface area contributed by atoms with E-state index in [1.165, 1.54) is 12.8 Å². The average molecular weight is 183 g/mol. The van der Waals surface area contributed by atoms with E-state index in [9.17, 15) is 5.11 Å². The molecule has 1 unspecified atom stereocenters. The topological polar surface area (TPSA) is 23.5 Å². The van der Waals surface area contributed by atoms with E-state index in [1.54, 1.807) is 0 Å². The second kappa shape index (κ2) is 3.58. The van der Waals surface area contributed by atoms with Crippen LogP contribution < -0.4 is 0 Å². The average Bonchev–Trinajstić information content (AvgIpc) is 2.64. The first-order valence-electron chi connectivity index (χ1n) is 5.70. The highest BCUT2D eigenvalue weighted by Crippen LogP contribution is 2.47. The van der Waals surface area contributed by atoms with Crippen LogP contribution in [0.2, 0.25) is 0 Å². The second-order valence-electron chi connectivity index (χ2n) is 4.52. The van der Waals surface area contributed by atoms with Crippen LogP contribution >= 0.6 is 0 Å². The maximum Gasteiger partial charge on any atom is 0.0586 e. The van der Waals surface area contributed by atoms with Gasteiger partial charge in [0.2, 0.25) is 0 Å². The van der Waals surface area contributed by atoms with E-state index in [0.717, 1.165) is 25.4 Å². The summed E-state index contributed by atoms with van der Waals surface area (Å²) in [7, 11) is 0. The predicted octanol–water partition coefficient (Wildman–Crippen LogP) is 1.49. The van der Waals surface area contributed by atoms with E-state index < -0.39 is 0 Å². The molecule has 2 aliphatic rings. The molecule has 13 heavy (non-hydrogen) atoms. The predicted molar refractivity (Wildman–Crippen MR) is 53.5 cm³/mol. The van der Waals surface area contributed by atoms with Gasteiger partial charge in [-0.15, -0.1) is 0 Å². The van der Waals surface area contributed by atoms with Crippen LogP contribution in [0.25, 0.3) is 0 Å². The van der Waals surface area contributed by atoms with Crippen LogP contribution in [0.3, 0.4) is 0 Å². The maximum atomic E-state index is 9.80. The number of rotatable bonds is 3. The van der Waals surface area contributed by atoms with Gasteiger partial charge in [0.25, 0.3) is 0 Å². The molecule has 2 bridgehead atoms. The van der Waals surface area contributed by atoms with Gasteiger partial charge in [0.15, 0.2) is 0 Å². The lowest BCUT2D eigenvalue weighted by Crippen LogP contribution is -2.39. The summed E-state index contributed by atoms with van der Waals surface area (Å²) in [4.78, 5) is 2.54. The summed E-state index contributed by atoms with van der Waals surface area (Å²) in [5, 5.41) is 9.80. The minimum absolute atomic E-state index is 0.00403. The van der Waals surface area contributed by atoms with Gasteiger partial charge >= 0.3 is 0 Å². The molecule has 0 aromatic carbocycles. The van der Waals surface area contributed by atoms with E-state index in [4.69, 9.17) is 0 Å². The molecule has 4 atom stereocenters. The number of hydrogen-bond donors (Lipinski definition) is 1. The molecule has 2 rings (SSSR count). The molecule has 0 heterocycles. The fourth-order valence-corrected chi connectivity index (χ4v) is 3.47. The van der Waals surface area contributed by atoms with Crippen molar-refractivity contribution in [2.75, 3.05) is 13.1 Å². The molecule has 0 aromatic rings. The van der Waals surface area contributed by atoms with Crippen LogP contribution in [-0.2, 0) is 0 Å². The Morgan fingerprint density at radius 3 is 2.31 bits per heavy atom. The third-order valence-electron chi connectivity index (χ3n) is 4.06. The summed E-state index contributed by atoms with van der Waals surface area (Å²) in [6.45, 7) is 6.74. The monoisotopic (exact) mass is 183 g/mol. The standard InChI is InChI=1S/C11H21NO/c1-3-12(4-2)11-8-5-6-9(11)10(13)7-8/h8-11,13H,3-7H2,1-2H3/t8-,9+,10-,11?/m1/s1. The molecule has 2 fully saturated rings. The number of nitrogens with zero attached hydrogens (tertiary/aromatic N) is 1.